The van der Waals surface area contributed by atoms with Crippen molar-refractivity contribution in [2.45, 2.75) is 6.54 Å². The average Bonchev–Trinajstić information content (AvgIpc) is 2.92. The van der Waals surface area contributed by atoms with Gasteiger partial charge in [0.15, 0.2) is 0 Å². The second-order valence-electron chi connectivity index (χ2n) is 4.99. The summed E-state index contributed by atoms with van der Waals surface area (Å²) in [6.45, 7) is 0.427. The van der Waals surface area contributed by atoms with E-state index in [4.69, 9.17) is 23.2 Å². The summed E-state index contributed by atoms with van der Waals surface area (Å²) in [7, 11) is 1.71. The summed E-state index contributed by atoms with van der Waals surface area (Å²) in [6.07, 6.45) is 0. The number of benzene rings is 2. The van der Waals surface area contributed by atoms with E-state index in [1.54, 1.807) is 41.5 Å². The highest BCUT2D eigenvalue weighted by Gasteiger charge is 2.13. The van der Waals surface area contributed by atoms with Gasteiger partial charge in [0, 0.05) is 12.1 Å². The van der Waals surface area contributed by atoms with Crippen LogP contribution in [-0.2, 0) is 6.54 Å². The van der Waals surface area contributed by atoms with Crippen molar-refractivity contribution in [1.82, 2.24) is 9.88 Å². The maximum absolute atomic E-state index is 12.3. The molecule has 2 amide bonds. The molecule has 0 bridgehead atoms. The Balaban J connectivity index is 1.69. The minimum absolute atomic E-state index is 0.256. The molecule has 0 atom stereocenters. The summed E-state index contributed by atoms with van der Waals surface area (Å²) in [6, 6.07) is 12.6. The molecule has 0 aliphatic heterocycles. The van der Waals surface area contributed by atoms with Gasteiger partial charge in [-0.25, -0.2) is 9.78 Å². The maximum Gasteiger partial charge on any atom is 0.322 e. The molecule has 0 saturated heterocycles. The predicted octanol–water partition coefficient (Wildman–Crippen LogP) is 5.27. The van der Waals surface area contributed by atoms with Gasteiger partial charge in [-0.2, -0.15) is 0 Å². The Labute approximate surface area is 147 Å². The molecule has 0 saturated carbocycles. The molecule has 3 aromatic rings. The topological polar surface area (TPSA) is 45.2 Å². The zero-order chi connectivity index (χ0) is 16.4. The molecule has 0 unspecified atom stereocenters. The van der Waals surface area contributed by atoms with E-state index in [2.05, 4.69) is 10.3 Å². The summed E-state index contributed by atoms with van der Waals surface area (Å²) in [5, 5.41) is 4.57. The number of urea groups is 1. The van der Waals surface area contributed by atoms with Gasteiger partial charge >= 0.3 is 6.03 Å². The molecule has 4 nitrogen and oxygen atoms in total. The summed E-state index contributed by atoms with van der Waals surface area (Å²) in [4.78, 5) is 18.4. The van der Waals surface area contributed by atoms with Crippen LogP contribution in [0.1, 0.15) is 5.01 Å². The number of anilines is 1. The van der Waals surface area contributed by atoms with Gasteiger partial charge in [-0.15, -0.1) is 11.3 Å². The van der Waals surface area contributed by atoms with E-state index in [9.17, 15) is 4.79 Å². The standard InChI is InChI=1S/C16H13Cl2N3OS/c1-21(9-15-19-13-4-2-3-5-14(13)23-15)16(22)20-12-7-6-10(17)8-11(12)18/h2-8H,9H2,1H3,(H,20,22). The highest BCUT2D eigenvalue weighted by molar-refractivity contribution is 7.18. The number of carbonyl (C=O) groups excluding carboxylic acids is 1. The number of carbonyl (C=O) groups is 1. The van der Waals surface area contributed by atoms with Crippen LogP contribution < -0.4 is 5.32 Å². The monoisotopic (exact) mass is 365 g/mol. The summed E-state index contributed by atoms with van der Waals surface area (Å²) in [5.74, 6) is 0. The van der Waals surface area contributed by atoms with Crippen molar-refractivity contribution in [2.24, 2.45) is 0 Å². The van der Waals surface area contributed by atoms with Gasteiger partial charge in [0.1, 0.15) is 5.01 Å². The highest BCUT2D eigenvalue weighted by Crippen LogP contribution is 2.26. The van der Waals surface area contributed by atoms with Gasteiger partial charge in [-0.05, 0) is 30.3 Å². The van der Waals surface area contributed by atoms with Gasteiger partial charge in [0.05, 0.1) is 27.5 Å². The van der Waals surface area contributed by atoms with Crippen LogP contribution >= 0.6 is 34.5 Å². The van der Waals surface area contributed by atoms with Crippen LogP contribution in [0, 0.1) is 0 Å². The number of thiazole rings is 1. The largest absolute Gasteiger partial charge is 0.322 e. The van der Waals surface area contributed by atoms with Crippen molar-refractivity contribution in [3.05, 3.63) is 57.5 Å². The molecule has 0 aliphatic rings. The van der Waals surface area contributed by atoms with Crippen molar-refractivity contribution in [2.75, 3.05) is 12.4 Å². The zero-order valence-electron chi connectivity index (χ0n) is 12.2. The van der Waals surface area contributed by atoms with Crippen LogP contribution in [0.15, 0.2) is 42.5 Å². The minimum atomic E-state index is -0.256. The van der Waals surface area contributed by atoms with Gasteiger partial charge in [0.25, 0.3) is 0 Å². The fraction of sp³-hybridized carbons (Fsp3) is 0.125. The van der Waals surface area contributed by atoms with Crippen molar-refractivity contribution >= 4 is 56.5 Å². The summed E-state index contributed by atoms with van der Waals surface area (Å²) >= 11 is 13.5. The Hall–Kier alpha value is -1.82. The fourth-order valence-electron chi connectivity index (χ4n) is 2.06. The van der Waals surface area contributed by atoms with Crippen LogP contribution in [0.5, 0.6) is 0 Å². The molecule has 118 valence electrons. The molecule has 0 spiro atoms. The number of nitrogens with one attached hydrogen (secondary N) is 1. The first-order valence-electron chi connectivity index (χ1n) is 6.84. The Kier molecular flexibility index (Phi) is 4.71. The zero-order valence-corrected chi connectivity index (χ0v) is 14.5. The molecular formula is C16H13Cl2N3OS. The number of nitrogens with zero attached hydrogens (tertiary/aromatic N) is 2. The number of hydrogen-bond donors (Lipinski definition) is 1. The molecule has 1 aromatic heterocycles. The quantitative estimate of drug-likeness (QED) is 0.687. The predicted molar refractivity (Wildman–Crippen MR) is 96.6 cm³/mol. The molecule has 7 heteroatoms. The van der Waals surface area contributed by atoms with Gasteiger partial charge in [-0.1, -0.05) is 35.3 Å². The first-order chi connectivity index (χ1) is 11.0. The molecule has 23 heavy (non-hydrogen) atoms. The van der Waals surface area contributed by atoms with Crippen molar-refractivity contribution in [3.63, 3.8) is 0 Å². The van der Waals surface area contributed by atoms with Crippen molar-refractivity contribution in [1.29, 1.82) is 0 Å². The van der Waals surface area contributed by atoms with E-state index in [0.717, 1.165) is 15.2 Å². The molecular weight excluding hydrogens is 353 g/mol. The third-order valence-electron chi connectivity index (χ3n) is 3.23. The molecule has 1 N–H and O–H groups in total. The van der Waals surface area contributed by atoms with E-state index >= 15 is 0 Å². The molecule has 0 radical (unpaired) electrons. The first-order valence-corrected chi connectivity index (χ1v) is 8.42. The second kappa shape index (κ2) is 6.74. The Morgan fingerprint density at radius 1 is 1.26 bits per heavy atom. The van der Waals surface area contributed by atoms with Crippen molar-refractivity contribution < 1.29 is 4.79 Å². The fourth-order valence-corrected chi connectivity index (χ4v) is 3.54. The number of halogens is 2. The van der Waals surface area contributed by atoms with Crippen LogP contribution in [0.25, 0.3) is 10.2 Å². The Morgan fingerprint density at radius 2 is 2.04 bits per heavy atom. The SMILES string of the molecule is CN(Cc1nc2ccccc2s1)C(=O)Nc1ccc(Cl)cc1Cl. The van der Waals surface area contributed by atoms with Crippen molar-refractivity contribution in [3.8, 4) is 0 Å². The number of aromatic nitrogens is 1. The lowest BCUT2D eigenvalue weighted by Crippen LogP contribution is -2.30. The number of hydrogen-bond acceptors (Lipinski definition) is 3. The van der Waals surface area contributed by atoms with Gasteiger partial charge < -0.3 is 10.2 Å². The van der Waals surface area contributed by atoms with Crippen LogP contribution in [0.4, 0.5) is 10.5 Å². The Morgan fingerprint density at radius 3 is 2.78 bits per heavy atom. The smallest absolute Gasteiger partial charge is 0.321 e. The normalized spacial score (nSPS) is 10.7. The first kappa shape index (κ1) is 16.1. The Bertz CT molecular complexity index is 832. The van der Waals surface area contributed by atoms with Crippen LogP contribution in [0.3, 0.4) is 0 Å². The molecule has 0 fully saturated rings. The van der Waals surface area contributed by atoms with E-state index in [0.29, 0.717) is 22.3 Å². The lowest BCUT2D eigenvalue weighted by molar-refractivity contribution is 0.220. The number of para-hydroxylation sites is 1. The van der Waals surface area contributed by atoms with E-state index in [-0.39, 0.29) is 6.03 Å². The second-order valence-corrected chi connectivity index (χ2v) is 6.94. The van der Waals surface area contributed by atoms with Crippen LogP contribution in [-0.4, -0.2) is 23.0 Å². The third-order valence-corrected chi connectivity index (χ3v) is 4.80. The molecule has 3 rings (SSSR count). The van der Waals surface area contributed by atoms with E-state index < -0.39 is 0 Å². The maximum atomic E-state index is 12.3. The highest BCUT2D eigenvalue weighted by atomic mass is 35.5. The molecule has 1 heterocycles. The minimum Gasteiger partial charge on any atom is -0.321 e. The number of rotatable bonds is 3. The van der Waals surface area contributed by atoms with E-state index in [1.807, 2.05) is 24.3 Å². The molecule has 0 aliphatic carbocycles. The lowest BCUT2D eigenvalue weighted by Gasteiger charge is -2.17. The van der Waals surface area contributed by atoms with Crippen LogP contribution in [0.2, 0.25) is 10.0 Å². The average molecular weight is 366 g/mol. The van der Waals surface area contributed by atoms with Gasteiger partial charge in [0.2, 0.25) is 0 Å². The summed E-state index contributed by atoms with van der Waals surface area (Å²) in [5.41, 5.74) is 1.47. The number of fused-ring (bicyclic) bond motifs is 1. The lowest BCUT2D eigenvalue weighted by atomic mass is 10.3. The third kappa shape index (κ3) is 3.75. The molecule has 2 aromatic carbocycles. The summed E-state index contributed by atoms with van der Waals surface area (Å²) < 4.78 is 1.11. The van der Waals surface area contributed by atoms with Gasteiger partial charge in [-0.3, -0.25) is 0 Å². The van der Waals surface area contributed by atoms with E-state index in [1.165, 1.54) is 0 Å². The number of amides is 2.